The predicted molar refractivity (Wildman–Crippen MR) is 99.3 cm³/mol. The van der Waals surface area contributed by atoms with Gasteiger partial charge in [-0.2, -0.15) is 0 Å². The van der Waals surface area contributed by atoms with E-state index in [2.05, 4.69) is 15.5 Å². The van der Waals surface area contributed by atoms with Crippen molar-refractivity contribution in [2.24, 2.45) is 11.3 Å². The summed E-state index contributed by atoms with van der Waals surface area (Å²) >= 11 is 0. The number of hydrogen-bond acceptors (Lipinski definition) is 3. The Kier molecular flexibility index (Phi) is 4.82. The molecule has 2 amide bonds. The van der Waals surface area contributed by atoms with Crippen LogP contribution in [0.1, 0.15) is 39.2 Å². The maximum Gasteiger partial charge on any atom is 0.234 e. The van der Waals surface area contributed by atoms with Crippen molar-refractivity contribution in [1.29, 1.82) is 0 Å². The minimum absolute atomic E-state index is 0.0240. The van der Waals surface area contributed by atoms with E-state index in [1.807, 2.05) is 20.8 Å². The number of likely N-dealkylation sites (tertiary alicyclic amines) is 1. The fraction of sp³-hybridized carbons (Fsp3) is 0.600. The Balaban J connectivity index is 1.42. The number of nitrogens with one attached hydrogen (secondary N) is 2. The highest BCUT2D eigenvalue weighted by molar-refractivity contribution is 5.93. The molecule has 1 aromatic rings. The van der Waals surface area contributed by atoms with Crippen LogP contribution in [0.15, 0.2) is 18.2 Å². The predicted octanol–water partition coefficient (Wildman–Crippen LogP) is 2.70. The van der Waals surface area contributed by atoms with Gasteiger partial charge in [0.15, 0.2) is 0 Å². The molecule has 5 nitrogen and oxygen atoms in total. The van der Waals surface area contributed by atoms with Crippen LogP contribution in [0, 0.1) is 24.1 Å². The van der Waals surface area contributed by atoms with E-state index in [0.717, 1.165) is 31.5 Å². The fourth-order valence-corrected chi connectivity index (χ4v) is 4.16. The van der Waals surface area contributed by atoms with Crippen molar-refractivity contribution in [2.45, 2.75) is 46.1 Å². The Bertz CT molecular complexity index is 692. The van der Waals surface area contributed by atoms with Crippen molar-refractivity contribution < 1.29 is 14.0 Å². The molecule has 0 bridgehead atoms. The average Bonchev–Trinajstić information content (AvgIpc) is 2.36. The number of nitrogens with zero attached hydrogens (tertiary/aromatic N) is 1. The lowest BCUT2D eigenvalue weighted by Crippen LogP contribution is -2.65. The molecular weight excluding hydrogens is 333 g/mol. The van der Waals surface area contributed by atoms with Gasteiger partial charge in [-0.1, -0.05) is 0 Å². The van der Waals surface area contributed by atoms with Gasteiger partial charge < -0.3 is 10.6 Å². The van der Waals surface area contributed by atoms with Gasteiger partial charge in [-0.3, -0.25) is 14.5 Å². The number of amides is 2. The van der Waals surface area contributed by atoms with E-state index in [1.165, 1.54) is 12.1 Å². The molecule has 1 aliphatic carbocycles. The summed E-state index contributed by atoms with van der Waals surface area (Å²) in [6.45, 7) is 9.86. The Morgan fingerprint density at radius 3 is 2.46 bits per heavy atom. The van der Waals surface area contributed by atoms with Crippen LogP contribution in [-0.4, -0.2) is 41.9 Å². The molecule has 26 heavy (non-hydrogen) atoms. The second kappa shape index (κ2) is 6.65. The van der Waals surface area contributed by atoms with Crippen LogP contribution in [0.2, 0.25) is 0 Å². The van der Waals surface area contributed by atoms with Gasteiger partial charge in [-0.15, -0.1) is 0 Å². The molecule has 142 valence electrons. The lowest BCUT2D eigenvalue weighted by Gasteiger charge is -2.58. The van der Waals surface area contributed by atoms with Gasteiger partial charge in [0, 0.05) is 30.2 Å². The summed E-state index contributed by atoms with van der Waals surface area (Å²) in [6, 6.07) is 4.55. The van der Waals surface area contributed by atoms with Crippen LogP contribution in [0.3, 0.4) is 0 Å². The number of aryl methyl sites for hydroxylation is 1. The van der Waals surface area contributed by atoms with Crippen LogP contribution in [0.25, 0.3) is 0 Å². The van der Waals surface area contributed by atoms with E-state index < -0.39 is 0 Å². The topological polar surface area (TPSA) is 61.4 Å². The minimum Gasteiger partial charge on any atom is -0.350 e. The van der Waals surface area contributed by atoms with Crippen LogP contribution in [0.5, 0.6) is 0 Å². The molecule has 1 aromatic carbocycles. The number of anilines is 1. The molecule has 1 spiro atoms. The monoisotopic (exact) mass is 361 g/mol. The largest absolute Gasteiger partial charge is 0.350 e. The van der Waals surface area contributed by atoms with Crippen LogP contribution < -0.4 is 10.6 Å². The second-order valence-electron chi connectivity index (χ2n) is 9.06. The number of halogens is 1. The van der Waals surface area contributed by atoms with Crippen molar-refractivity contribution in [1.82, 2.24) is 10.2 Å². The first-order valence-corrected chi connectivity index (χ1v) is 9.15. The van der Waals surface area contributed by atoms with Gasteiger partial charge in [0.25, 0.3) is 0 Å². The van der Waals surface area contributed by atoms with E-state index in [9.17, 15) is 14.0 Å². The first kappa shape index (κ1) is 18.8. The maximum absolute atomic E-state index is 13.4. The minimum atomic E-state index is -0.339. The summed E-state index contributed by atoms with van der Waals surface area (Å²) < 4.78 is 13.4. The third kappa shape index (κ3) is 4.41. The molecule has 2 fully saturated rings. The molecule has 0 aromatic heterocycles. The summed E-state index contributed by atoms with van der Waals surface area (Å²) in [5.41, 5.74) is 1.27. The first-order valence-electron chi connectivity index (χ1n) is 9.15. The quantitative estimate of drug-likeness (QED) is 0.867. The lowest BCUT2D eigenvalue weighted by atomic mass is 9.57. The Labute approximate surface area is 154 Å². The molecule has 0 unspecified atom stereocenters. The highest BCUT2D eigenvalue weighted by Crippen LogP contribution is 2.52. The zero-order valence-corrected chi connectivity index (χ0v) is 16.0. The number of benzene rings is 1. The molecule has 1 saturated carbocycles. The number of carbonyl (C=O) groups is 2. The number of hydrogen-bond donors (Lipinski definition) is 2. The summed E-state index contributed by atoms with van der Waals surface area (Å²) in [7, 11) is 0. The molecular formula is C20H28FN3O2. The van der Waals surface area contributed by atoms with Gasteiger partial charge in [-0.25, -0.2) is 4.39 Å². The smallest absolute Gasteiger partial charge is 0.234 e. The summed E-state index contributed by atoms with van der Waals surface area (Å²) in [5.74, 6) is -0.357. The summed E-state index contributed by atoms with van der Waals surface area (Å²) in [4.78, 5) is 26.4. The molecule has 6 heteroatoms. The summed E-state index contributed by atoms with van der Waals surface area (Å²) in [5, 5.41) is 5.79. The van der Waals surface area contributed by atoms with E-state index in [4.69, 9.17) is 0 Å². The molecule has 1 heterocycles. The molecule has 0 radical (unpaired) electrons. The third-order valence-corrected chi connectivity index (χ3v) is 5.04. The standard InChI is InChI=1S/C20H28FN3O2/c1-13-5-15(21)7-16(6-13)22-18(26)14-8-20(9-14)11-24(12-20)10-17(25)23-19(2,3)4/h5-7,14H,8-12H2,1-4H3,(H,22,26)(H,23,25). The van der Waals surface area contributed by atoms with E-state index in [1.54, 1.807) is 13.0 Å². The van der Waals surface area contributed by atoms with Crippen molar-refractivity contribution in [3.63, 3.8) is 0 Å². The highest BCUT2D eigenvalue weighted by Gasteiger charge is 2.54. The molecule has 3 rings (SSSR count). The summed E-state index contributed by atoms with van der Waals surface area (Å²) in [6.07, 6.45) is 1.68. The van der Waals surface area contributed by atoms with Crippen LogP contribution in [-0.2, 0) is 9.59 Å². The Morgan fingerprint density at radius 1 is 1.23 bits per heavy atom. The van der Waals surface area contributed by atoms with Gasteiger partial charge >= 0.3 is 0 Å². The van der Waals surface area contributed by atoms with Gasteiger partial charge in [0.1, 0.15) is 5.82 Å². The van der Waals surface area contributed by atoms with E-state index >= 15 is 0 Å². The molecule has 1 aliphatic heterocycles. The first-order chi connectivity index (χ1) is 12.0. The zero-order valence-electron chi connectivity index (χ0n) is 16.0. The zero-order chi connectivity index (χ0) is 19.1. The van der Waals surface area contributed by atoms with Crippen molar-refractivity contribution in [2.75, 3.05) is 25.0 Å². The van der Waals surface area contributed by atoms with Gasteiger partial charge in [-0.05, 0) is 69.7 Å². The molecule has 0 atom stereocenters. The van der Waals surface area contributed by atoms with Crippen molar-refractivity contribution >= 4 is 17.5 Å². The molecule has 1 saturated heterocycles. The Hall–Kier alpha value is -1.95. The maximum atomic E-state index is 13.4. The van der Waals surface area contributed by atoms with E-state index in [-0.39, 0.29) is 34.5 Å². The molecule has 2 N–H and O–H groups in total. The lowest BCUT2D eigenvalue weighted by molar-refractivity contribution is -0.144. The number of carbonyl (C=O) groups excluding carboxylic acids is 2. The second-order valence-corrected chi connectivity index (χ2v) is 9.06. The van der Waals surface area contributed by atoms with E-state index in [0.29, 0.717) is 12.2 Å². The normalized spacial score (nSPS) is 19.6. The van der Waals surface area contributed by atoms with Crippen molar-refractivity contribution in [3.05, 3.63) is 29.6 Å². The van der Waals surface area contributed by atoms with Crippen molar-refractivity contribution in [3.8, 4) is 0 Å². The number of rotatable bonds is 4. The highest BCUT2D eigenvalue weighted by atomic mass is 19.1. The van der Waals surface area contributed by atoms with Gasteiger partial charge in [0.05, 0.1) is 6.54 Å². The van der Waals surface area contributed by atoms with Crippen LogP contribution >= 0.6 is 0 Å². The average molecular weight is 361 g/mol. The fourth-order valence-electron chi connectivity index (χ4n) is 4.16. The SMILES string of the molecule is Cc1cc(F)cc(NC(=O)C2CC3(C2)CN(CC(=O)NC(C)(C)C)C3)c1. The Morgan fingerprint density at radius 2 is 1.88 bits per heavy atom. The third-order valence-electron chi connectivity index (χ3n) is 5.04. The van der Waals surface area contributed by atoms with Gasteiger partial charge in [0.2, 0.25) is 11.8 Å². The molecule has 2 aliphatic rings. The van der Waals surface area contributed by atoms with Crippen LogP contribution in [0.4, 0.5) is 10.1 Å².